The number of rotatable bonds is 9. The molecule has 4 nitrogen and oxygen atoms in total. The maximum atomic E-state index is 10.7. The first kappa shape index (κ1) is 23.9. The number of halogens is 3. The van der Waals surface area contributed by atoms with Crippen molar-refractivity contribution in [3.63, 3.8) is 0 Å². The third kappa shape index (κ3) is 11.9. The maximum Gasteiger partial charge on any atom is 0.485 e. The van der Waals surface area contributed by atoms with Gasteiger partial charge in [0, 0.05) is 18.6 Å². The first-order valence-corrected chi connectivity index (χ1v) is 10.0. The van der Waals surface area contributed by atoms with Gasteiger partial charge in [-0.2, -0.15) is 13.2 Å². The van der Waals surface area contributed by atoms with Gasteiger partial charge in [0.2, 0.25) is 0 Å². The Balaban J connectivity index is 0.000000609. The molecule has 1 rings (SSSR count). The standard InChI is InChI=1S/C16H28N.CHF3O3S/c1-3-5-6-7-8-9-10-13-17-14-11-16(4-2)12-15-17;2-1(3,4)8(5,6)7/h11-12,14-15H,3-10,13H2,1-2H3;(H,5,6,7)/q+1;/p-1. The van der Waals surface area contributed by atoms with Crippen molar-refractivity contribution in [2.45, 2.75) is 77.3 Å². The van der Waals surface area contributed by atoms with Crippen LogP contribution in [0.2, 0.25) is 0 Å². The highest BCUT2D eigenvalue weighted by molar-refractivity contribution is 7.86. The number of aryl methyl sites for hydroxylation is 2. The molecule has 0 saturated heterocycles. The van der Waals surface area contributed by atoms with Crippen LogP contribution in [-0.2, 0) is 23.1 Å². The Morgan fingerprint density at radius 2 is 1.40 bits per heavy atom. The number of pyridine rings is 1. The molecule has 1 heterocycles. The molecule has 1 aromatic heterocycles. The summed E-state index contributed by atoms with van der Waals surface area (Å²) in [4.78, 5) is 0. The lowest BCUT2D eigenvalue weighted by Crippen LogP contribution is -2.32. The van der Waals surface area contributed by atoms with Crippen molar-refractivity contribution < 1.29 is 30.7 Å². The van der Waals surface area contributed by atoms with Crippen LogP contribution in [0.5, 0.6) is 0 Å². The molecule has 0 aromatic carbocycles. The Hall–Kier alpha value is -1.15. The van der Waals surface area contributed by atoms with E-state index in [2.05, 4.69) is 42.9 Å². The summed E-state index contributed by atoms with van der Waals surface area (Å²) in [5.74, 6) is 0. The molecule has 0 saturated carbocycles. The van der Waals surface area contributed by atoms with Crippen molar-refractivity contribution in [2.24, 2.45) is 0 Å². The first-order chi connectivity index (χ1) is 11.6. The van der Waals surface area contributed by atoms with E-state index >= 15 is 0 Å². The second-order valence-electron chi connectivity index (χ2n) is 5.82. The van der Waals surface area contributed by atoms with E-state index in [1.807, 2.05) is 0 Å². The lowest BCUT2D eigenvalue weighted by atomic mass is 10.1. The molecule has 0 spiro atoms. The summed E-state index contributed by atoms with van der Waals surface area (Å²) in [6.45, 7) is 5.66. The number of aromatic nitrogens is 1. The van der Waals surface area contributed by atoms with E-state index in [1.165, 1.54) is 57.1 Å². The molecule has 0 aliphatic rings. The van der Waals surface area contributed by atoms with E-state index in [0.29, 0.717) is 0 Å². The number of alkyl halides is 3. The molecule has 0 aliphatic carbocycles. The van der Waals surface area contributed by atoms with Crippen molar-refractivity contribution in [3.05, 3.63) is 30.1 Å². The van der Waals surface area contributed by atoms with E-state index in [4.69, 9.17) is 13.0 Å². The Labute approximate surface area is 148 Å². The number of unbranched alkanes of at least 4 members (excludes halogenated alkanes) is 6. The highest BCUT2D eigenvalue weighted by Crippen LogP contribution is 2.20. The third-order valence-electron chi connectivity index (χ3n) is 3.67. The van der Waals surface area contributed by atoms with Crippen LogP contribution in [0, 0.1) is 0 Å². The van der Waals surface area contributed by atoms with Gasteiger partial charge in [0.05, 0.1) is 0 Å². The summed E-state index contributed by atoms with van der Waals surface area (Å²) in [6, 6.07) is 4.47. The monoisotopic (exact) mass is 383 g/mol. The summed E-state index contributed by atoms with van der Waals surface area (Å²) in [7, 11) is -6.09. The smallest absolute Gasteiger partial charge is 0.485 e. The normalized spacial score (nSPS) is 11.8. The molecule has 1 aromatic rings. The average molecular weight is 383 g/mol. The van der Waals surface area contributed by atoms with Gasteiger partial charge in [0.1, 0.15) is 6.54 Å². The van der Waals surface area contributed by atoms with E-state index in [9.17, 15) is 13.2 Å². The third-order valence-corrected chi connectivity index (χ3v) is 4.24. The summed E-state index contributed by atoms with van der Waals surface area (Å²) >= 11 is 0. The predicted octanol–water partition coefficient (Wildman–Crippen LogP) is 4.34. The Morgan fingerprint density at radius 1 is 0.960 bits per heavy atom. The Bertz CT molecular complexity index is 557. The van der Waals surface area contributed by atoms with Crippen LogP contribution in [0.3, 0.4) is 0 Å². The van der Waals surface area contributed by atoms with Crippen molar-refractivity contribution in [3.8, 4) is 0 Å². The molecular weight excluding hydrogens is 355 g/mol. The number of hydrogen-bond donors (Lipinski definition) is 0. The Morgan fingerprint density at radius 3 is 1.80 bits per heavy atom. The van der Waals surface area contributed by atoms with Crippen LogP contribution in [0.25, 0.3) is 0 Å². The van der Waals surface area contributed by atoms with Crippen molar-refractivity contribution >= 4 is 10.1 Å². The second kappa shape index (κ2) is 12.2. The number of nitrogens with zero attached hydrogens (tertiary/aromatic N) is 1. The second-order valence-corrected chi connectivity index (χ2v) is 7.19. The zero-order valence-corrected chi connectivity index (χ0v) is 15.7. The van der Waals surface area contributed by atoms with Crippen LogP contribution < -0.4 is 4.57 Å². The van der Waals surface area contributed by atoms with E-state index < -0.39 is 15.6 Å². The molecule has 0 atom stereocenters. The fourth-order valence-electron chi connectivity index (χ4n) is 2.12. The largest absolute Gasteiger partial charge is 0.741 e. The maximum absolute atomic E-state index is 10.7. The molecule has 0 unspecified atom stereocenters. The highest BCUT2D eigenvalue weighted by Gasteiger charge is 2.36. The molecule has 8 heteroatoms. The highest BCUT2D eigenvalue weighted by atomic mass is 32.2. The molecule has 0 aliphatic heterocycles. The van der Waals surface area contributed by atoms with Crippen molar-refractivity contribution in [2.75, 3.05) is 0 Å². The SMILES string of the molecule is CCCCCCCCC[n+]1ccc(CC)cc1.O=S(=O)([O-])C(F)(F)F. The van der Waals surface area contributed by atoms with Gasteiger partial charge in [-0.25, -0.2) is 13.0 Å². The molecule has 0 N–H and O–H groups in total. The molecule has 25 heavy (non-hydrogen) atoms. The van der Waals surface area contributed by atoms with Crippen molar-refractivity contribution in [1.82, 2.24) is 0 Å². The summed E-state index contributed by atoms with van der Waals surface area (Å²) in [6.07, 6.45) is 15.3. The zero-order valence-electron chi connectivity index (χ0n) is 14.9. The Kier molecular flexibility index (Phi) is 11.7. The quantitative estimate of drug-likeness (QED) is 0.276. The van der Waals surface area contributed by atoms with Gasteiger partial charge in [-0.3, -0.25) is 0 Å². The summed E-state index contributed by atoms with van der Waals surface area (Å²) < 4.78 is 61.2. The van der Waals surface area contributed by atoms with Gasteiger partial charge in [0.25, 0.3) is 0 Å². The minimum Gasteiger partial charge on any atom is -0.741 e. The fraction of sp³-hybridized carbons (Fsp3) is 0.706. The van der Waals surface area contributed by atoms with Gasteiger partial charge in [-0.1, -0.05) is 46.0 Å². The summed E-state index contributed by atoms with van der Waals surface area (Å²) in [5, 5.41) is 0. The molecule has 0 fully saturated rings. The molecule has 0 radical (unpaired) electrons. The van der Waals surface area contributed by atoms with Gasteiger partial charge >= 0.3 is 5.51 Å². The fourth-order valence-corrected chi connectivity index (χ4v) is 2.12. The molecule has 146 valence electrons. The van der Waals surface area contributed by atoms with Gasteiger partial charge in [-0.15, -0.1) is 0 Å². The molecular formula is C17H28F3NO3S. The van der Waals surface area contributed by atoms with Crippen LogP contribution in [0.1, 0.15) is 64.4 Å². The average Bonchev–Trinajstić information content (AvgIpc) is 2.53. The van der Waals surface area contributed by atoms with Gasteiger partial charge in [-0.05, 0) is 18.4 Å². The first-order valence-electron chi connectivity index (χ1n) is 8.62. The van der Waals surface area contributed by atoms with Gasteiger partial charge in [0.15, 0.2) is 22.5 Å². The van der Waals surface area contributed by atoms with E-state index in [-0.39, 0.29) is 0 Å². The lowest BCUT2D eigenvalue weighted by molar-refractivity contribution is -0.697. The molecule has 0 bridgehead atoms. The minimum atomic E-state index is -6.09. The lowest BCUT2D eigenvalue weighted by Gasteiger charge is -2.08. The van der Waals surface area contributed by atoms with Crippen molar-refractivity contribution in [1.29, 1.82) is 0 Å². The van der Waals surface area contributed by atoms with Gasteiger partial charge < -0.3 is 4.55 Å². The summed E-state index contributed by atoms with van der Waals surface area (Å²) in [5.41, 5.74) is -4.21. The molecule has 0 amide bonds. The zero-order chi connectivity index (χ0) is 19.3. The van der Waals surface area contributed by atoms with Crippen LogP contribution in [-0.4, -0.2) is 18.5 Å². The van der Waals surface area contributed by atoms with Crippen LogP contribution in [0.4, 0.5) is 13.2 Å². The van der Waals surface area contributed by atoms with E-state index in [1.54, 1.807) is 0 Å². The van der Waals surface area contributed by atoms with E-state index in [0.717, 1.165) is 6.42 Å². The topological polar surface area (TPSA) is 61.1 Å². The minimum absolute atomic E-state index is 1.14. The van der Waals surface area contributed by atoms with Crippen LogP contribution in [0.15, 0.2) is 24.5 Å². The predicted molar refractivity (Wildman–Crippen MR) is 89.8 cm³/mol. The number of hydrogen-bond acceptors (Lipinski definition) is 3. The van der Waals surface area contributed by atoms with Crippen LogP contribution >= 0.6 is 0 Å².